The van der Waals surface area contributed by atoms with E-state index >= 15 is 0 Å². The van der Waals surface area contributed by atoms with Crippen molar-refractivity contribution in [1.29, 1.82) is 0 Å². The lowest BCUT2D eigenvalue weighted by Gasteiger charge is -2.14. The maximum Gasteiger partial charge on any atom is 0.311 e. The van der Waals surface area contributed by atoms with Crippen molar-refractivity contribution in [3.63, 3.8) is 0 Å². The highest BCUT2D eigenvalue weighted by Crippen LogP contribution is 2.23. The zero-order chi connectivity index (χ0) is 17.7. The minimum Gasteiger partial charge on any atom is -0.452 e. The fraction of sp³-hybridized carbons (Fsp3) is 0.235. The van der Waals surface area contributed by atoms with E-state index in [0.717, 1.165) is 11.1 Å². The molecule has 0 unspecified atom stereocenters. The summed E-state index contributed by atoms with van der Waals surface area (Å²) in [6, 6.07) is 9.00. The first-order valence-corrected chi connectivity index (χ1v) is 8.18. The second-order valence-corrected chi connectivity index (χ2v) is 6.17. The highest BCUT2D eigenvalue weighted by molar-refractivity contribution is 7.14. The Labute approximate surface area is 143 Å². The molecule has 6 nitrogen and oxygen atoms in total. The van der Waals surface area contributed by atoms with Gasteiger partial charge in [0.05, 0.1) is 12.0 Å². The average Bonchev–Trinajstić information content (AvgIpc) is 2.97. The Kier molecular flexibility index (Phi) is 5.70. The van der Waals surface area contributed by atoms with Crippen LogP contribution in [0.3, 0.4) is 0 Å². The molecule has 2 rings (SSSR count). The van der Waals surface area contributed by atoms with Gasteiger partial charge in [0.2, 0.25) is 0 Å². The van der Waals surface area contributed by atoms with E-state index in [0.29, 0.717) is 5.00 Å². The van der Waals surface area contributed by atoms with Crippen molar-refractivity contribution in [3.05, 3.63) is 52.4 Å². The van der Waals surface area contributed by atoms with Crippen LogP contribution >= 0.6 is 11.3 Å². The number of benzene rings is 1. The maximum atomic E-state index is 12.1. The van der Waals surface area contributed by atoms with Gasteiger partial charge in [-0.05, 0) is 36.4 Å². The van der Waals surface area contributed by atoms with Gasteiger partial charge in [0.25, 0.3) is 11.8 Å². The topological polar surface area (TPSA) is 98.5 Å². The van der Waals surface area contributed by atoms with E-state index in [1.54, 1.807) is 5.38 Å². The zero-order valence-electron chi connectivity index (χ0n) is 13.4. The molecule has 2 aromatic rings. The Bertz CT molecular complexity index is 769. The molecule has 0 aliphatic rings. The standard InChI is InChI=1S/C17H18N2O4S/c1-10-5-3-4-6-12(10)9-14(20)23-11(2)16(22)19-17-13(15(18)21)7-8-24-17/h3-8,11H,9H2,1-2H3,(H2,18,21)(H,19,22)/t11-/m0/s1. The van der Waals surface area contributed by atoms with Crippen molar-refractivity contribution in [3.8, 4) is 0 Å². The molecular weight excluding hydrogens is 328 g/mol. The van der Waals surface area contributed by atoms with E-state index in [-0.39, 0.29) is 12.0 Å². The number of rotatable bonds is 6. The molecule has 1 aromatic heterocycles. The summed E-state index contributed by atoms with van der Waals surface area (Å²) in [6.45, 7) is 3.38. The largest absolute Gasteiger partial charge is 0.452 e. The number of aryl methyl sites for hydroxylation is 1. The number of hydrogen-bond donors (Lipinski definition) is 2. The van der Waals surface area contributed by atoms with Crippen LogP contribution in [-0.2, 0) is 20.7 Å². The summed E-state index contributed by atoms with van der Waals surface area (Å²) in [5.74, 6) is -1.64. The van der Waals surface area contributed by atoms with Crippen molar-refractivity contribution in [1.82, 2.24) is 0 Å². The van der Waals surface area contributed by atoms with Crippen LogP contribution < -0.4 is 11.1 Å². The van der Waals surface area contributed by atoms with Crippen molar-refractivity contribution in [2.45, 2.75) is 26.4 Å². The molecule has 3 N–H and O–H groups in total. The van der Waals surface area contributed by atoms with Crippen LogP contribution in [0.25, 0.3) is 0 Å². The number of nitrogens with two attached hydrogens (primary N) is 1. The Morgan fingerprint density at radius 1 is 1.25 bits per heavy atom. The molecule has 0 spiro atoms. The number of hydrogen-bond acceptors (Lipinski definition) is 5. The van der Waals surface area contributed by atoms with Crippen LogP contribution in [0.2, 0.25) is 0 Å². The lowest BCUT2D eigenvalue weighted by atomic mass is 10.1. The second kappa shape index (κ2) is 7.74. The SMILES string of the molecule is Cc1ccccc1CC(=O)O[C@@H](C)C(=O)Nc1sccc1C(N)=O. The van der Waals surface area contributed by atoms with E-state index in [9.17, 15) is 14.4 Å². The maximum absolute atomic E-state index is 12.1. The van der Waals surface area contributed by atoms with Gasteiger partial charge >= 0.3 is 5.97 Å². The van der Waals surface area contributed by atoms with Gasteiger partial charge in [-0.3, -0.25) is 14.4 Å². The first-order valence-electron chi connectivity index (χ1n) is 7.30. The van der Waals surface area contributed by atoms with Crippen LogP contribution in [0.4, 0.5) is 5.00 Å². The minimum atomic E-state index is -0.982. The summed E-state index contributed by atoms with van der Waals surface area (Å²) < 4.78 is 5.16. The second-order valence-electron chi connectivity index (χ2n) is 5.25. The van der Waals surface area contributed by atoms with Gasteiger partial charge in [0, 0.05) is 0 Å². The molecule has 0 bridgehead atoms. The molecule has 0 aliphatic carbocycles. The summed E-state index contributed by atoms with van der Waals surface area (Å²) in [5.41, 5.74) is 7.29. The smallest absolute Gasteiger partial charge is 0.311 e. The lowest BCUT2D eigenvalue weighted by Crippen LogP contribution is -2.31. The molecule has 0 saturated heterocycles. The first kappa shape index (κ1) is 17.7. The Morgan fingerprint density at radius 3 is 2.62 bits per heavy atom. The predicted octanol–water partition coefficient (Wildman–Crippen LogP) is 2.27. The van der Waals surface area contributed by atoms with Gasteiger partial charge in [0.1, 0.15) is 5.00 Å². The fourth-order valence-corrected chi connectivity index (χ4v) is 2.87. The van der Waals surface area contributed by atoms with E-state index < -0.39 is 23.9 Å². The number of ether oxygens (including phenoxy) is 1. The molecule has 0 saturated carbocycles. The molecule has 126 valence electrons. The number of primary amides is 1. The highest BCUT2D eigenvalue weighted by atomic mass is 32.1. The molecule has 0 aliphatic heterocycles. The zero-order valence-corrected chi connectivity index (χ0v) is 14.2. The summed E-state index contributed by atoms with van der Waals surface area (Å²) in [5, 5.41) is 4.54. The number of anilines is 1. The first-order chi connectivity index (χ1) is 11.4. The molecular formula is C17H18N2O4S. The molecule has 2 amide bonds. The number of nitrogens with one attached hydrogen (secondary N) is 1. The predicted molar refractivity (Wildman–Crippen MR) is 91.9 cm³/mol. The third-order valence-corrected chi connectivity index (χ3v) is 4.27. The highest BCUT2D eigenvalue weighted by Gasteiger charge is 2.21. The quantitative estimate of drug-likeness (QED) is 0.784. The Balaban J connectivity index is 1.94. The number of carbonyl (C=O) groups is 3. The minimum absolute atomic E-state index is 0.0931. The fourth-order valence-electron chi connectivity index (χ4n) is 2.07. The van der Waals surface area contributed by atoms with Gasteiger partial charge in [-0.25, -0.2) is 0 Å². The number of amides is 2. The van der Waals surface area contributed by atoms with E-state index in [1.807, 2.05) is 31.2 Å². The molecule has 1 aromatic carbocycles. The number of carbonyl (C=O) groups excluding carboxylic acids is 3. The Morgan fingerprint density at radius 2 is 1.96 bits per heavy atom. The molecule has 1 heterocycles. The van der Waals surface area contributed by atoms with Crippen LogP contribution in [0, 0.1) is 6.92 Å². The van der Waals surface area contributed by atoms with E-state index in [1.165, 1.54) is 24.3 Å². The number of thiophene rings is 1. The van der Waals surface area contributed by atoms with Crippen LogP contribution in [0.15, 0.2) is 35.7 Å². The van der Waals surface area contributed by atoms with Crippen molar-refractivity contribution < 1.29 is 19.1 Å². The molecule has 0 fully saturated rings. The average molecular weight is 346 g/mol. The summed E-state index contributed by atoms with van der Waals surface area (Å²) in [4.78, 5) is 35.3. The van der Waals surface area contributed by atoms with Gasteiger partial charge in [-0.2, -0.15) is 0 Å². The van der Waals surface area contributed by atoms with E-state index in [2.05, 4.69) is 5.32 Å². The van der Waals surface area contributed by atoms with Crippen LogP contribution in [0.1, 0.15) is 28.4 Å². The van der Waals surface area contributed by atoms with Gasteiger partial charge in [0.15, 0.2) is 6.10 Å². The van der Waals surface area contributed by atoms with E-state index in [4.69, 9.17) is 10.5 Å². The normalized spacial score (nSPS) is 11.6. The van der Waals surface area contributed by atoms with Gasteiger partial charge in [-0.15, -0.1) is 11.3 Å². The van der Waals surface area contributed by atoms with Crippen molar-refractivity contribution in [2.24, 2.45) is 5.73 Å². The van der Waals surface area contributed by atoms with Crippen molar-refractivity contribution in [2.75, 3.05) is 5.32 Å². The molecule has 24 heavy (non-hydrogen) atoms. The van der Waals surface area contributed by atoms with Crippen molar-refractivity contribution >= 4 is 34.1 Å². The molecule has 1 atom stereocenters. The summed E-state index contributed by atoms with van der Waals surface area (Å²) in [7, 11) is 0. The van der Waals surface area contributed by atoms with Crippen LogP contribution in [-0.4, -0.2) is 23.9 Å². The van der Waals surface area contributed by atoms with Gasteiger partial charge < -0.3 is 15.8 Å². The van der Waals surface area contributed by atoms with Crippen LogP contribution in [0.5, 0.6) is 0 Å². The third kappa shape index (κ3) is 4.42. The summed E-state index contributed by atoms with van der Waals surface area (Å²) >= 11 is 1.17. The Hall–Kier alpha value is -2.67. The third-order valence-electron chi connectivity index (χ3n) is 3.44. The lowest BCUT2D eigenvalue weighted by molar-refractivity contribution is -0.152. The summed E-state index contributed by atoms with van der Waals surface area (Å²) in [6.07, 6.45) is -0.889. The van der Waals surface area contributed by atoms with Gasteiger partial charge in [-0.1, -0.05) is 24.3 Å². The monoisotopic (exact) mass is 346 g/mol. The molecule has 0 radical (unpaired) electrons. The number of esters is 1. The molecule has 7 heteroatoms.